The van der Waals surface area contributed by atoms with Crippen LogP contribution >= 0.6 is 0 Å². The van der Waals surface area contributed by atoms with Crippen LogP contribution in [0, 0.1) is 33.5 Å². The fraction of sp³-hybridized carbons (Fsp3) is 0.217. The summed E-state index contributed by atoms with van der Waals surface area (Å²) in [4.78, 5) is 0. The summed E-state index contributed by atoms with van der Waals surface area (Å²) in [6, 6.07) is 14.3. The molecule has 3 aromatic rings. The SMILES string of the molecule is Cc1cc(C(c2cc(C)c(O)c(C)c2)c2ccccc2F)cc(C)c1O. The summed E-state index contributed by atoms with van der Waals surface area (Å²) in [7, 11) is 0. The molecular formula is C23H23FO2. The Labute approximate surface area is 153 Å². The lowest BCUT2D eigenvalue weighted by Crippen LogP contribution is -2.07. The van der Waals surface area contributed by atoms with Crippen molar-refractivity contribution in [2.75, 3.05) is 0 Å². The van der Waals surface area contributed by atoms with Gasteiger partial charge < -0.3 is 10.2 Å². The fourth-order valence-electron chi connectivity index (χ4n) is 3.57. The van der Waals surface area contributed by atoms with Gasteiger partial charge in [0.2, 0.25) is 0 Å². The topological polar surface area (TPSA) is 40.5 Å². The number of hydrogen-bond donors (Lipinski definition) is 2. The van der Waals surface area contributed by atoms with Crippen molar-refractivity contribution in [2.24, 2.45) is 0 Å². The van der Waals surface area contributed by atoms with Gasteiger partial charge in [0.25, 0.3) is 0 Å². The molecule has 3 aromatic carbocycles. The van der Waals surface area contributed by atoms with Gasteiger partial charge in [0.1, 0.15) is 17.3 Å². The van der Waals surface area contributed by atoms with Crippen LogP contribution in [0.4, 0.5) is 4.39 Å². The minimum absolute atomic E-state index is 0.263. The number of aryl methyl sites for hydroxylation is 4. The number of hydrogen-bond acceptors (Lipinski definition) is 2. The van der Waals surface area contributed by atoms with Crippen molar-refractivity contribution in [1.82, 2.24) is 0 Å². The molecule has 26 heavy (non-hydrogen) atoms. The van der Waals surface area contributed by atoms with E-state index in [2.05, 4.69) is 0 Å². The average molecular weight is 350 g/mol. The first kappa shape index (κ1) is 18.0. The fourth-order valence-corrected chi connectivity index (χ4v) is 3.57. The van der Waals surface area contributed by atoms with Crippen molar-refractivity contribution in [2.45, 2.75) is 33.6 Å². The number of benzene rings is 3. The summed E-state index contributed by atoms with van der Waals surface area (Å²) in [6.45, 7) is 7.38. The molecule has 3 heteroatoms. The van der Waals surface area contributed by atoms with Gasteiger partial charge in [-0.3, -0.25) is 0 Å². The van der Waals surface area contributed by atoms with E-state index in [1.165, 1.54) is 6.07 Å². The third-order valence-electron chi connectivity index (χ3n) is 4.91. The zero-order valence-electron chi connectivity index (χ0n) is 15.5. The molecule has 0 saturated carbocycles. The van der Waals surface area contributed by atoms with Crippen LogP contribution in [0.25, 0.3) is 0 Å². The highest BCUT2D eigenvalue weighted by molar-refractivity contribution is 5.53. The zero-order chi connectivity index (χ0) is 19.0. The number of phenolic OH excluding ortho intramolecular Hbond substituents is 2. The van der Waals surface area contributed by atoms with E-state index in [-0.39, 0.29) is 23.2 Å². The third kappa shape index (κ3) is 3.17. The van der Waals surface area contributed by atoms with Crippen LogP contribution in [-0.2, 0) is 0 Å². The normalized spacial score (nSPS) is 11.2. The van der Waals surface area contributed by atoms with Crippen molar-refractivity contribution < 1.29 is 14.6 Å². The number of aromatic hydroxyl groups is 2. The number of rotatable bonds is 3. The molecule has 2 nitrogen and oxygen atoms in total. The monoisotopic (exact) mass is 350 g/mol. The summed E-state index contributed by atoms with van der Waals surface area (Å²) < 4.78 is 14.7. The highest BCUT2D eigenvalue weighted by atomic mass is 19.1. The predicted molar refractivity (Wildman–Crippen MR) is 103 cm³/mol. The molecule has 0 saturated heterocycles. The van der Waals surface area contributed by atoms with Gasteiger partial charge in [0.05, 0.1) is 0 Å². The molecule has 0 fully saturated rings. The van der Waals surface area contributed by atoms with Gasteiger partial charge in [-0.25, -0.2) is 4.39 Å². The van der Waals surface area contributed by atoms with Gasteiger partial charge >= 0.3 is 0 Å². The summed E-state index contributed by atoms with van der Waals surface area (Å²) in [5.74, 6) is -0.0744. The molecule has 3 rings (SSSR count). The van der Waals surface area contributed by atoms with E-state index in [1.807, 2.05) is 58.0 Å². The Kier molecular flexibility index (Phi) is 4.73. The summed E-state index contributed by atoms with van der Waals surface area (Å²) in [6.07, 6.45) is 0. The van der Waals surface area contributed by atoms with E-state index < -0.39 is 0 Å². The number of phenols is 2. The Bertz CT molecular complexity index is 872. The van der Waals surface area contributed by atoms with Gasteiger partial charge in [-0.2, -0.15) is 0 Å². The van der Waals surface area contributed by atoms with Gasteiger partial charge in [-0.1, -0.05) is 42.5 Å². The first-order valence-corrected chi connectivity index (χ1v) is 8.64. The molecule has 0 radical (unpaired) electrons. The van der Waals surface area contributed by atoms with Crippen molar-refractivity contribution in [1.29, 1.82) is 0 Å². The average Bonchev–Trinajstić information content (AvgIpc) is 2.59. The van der Waals surface area contributed by atoms with Crippen LogP contribution in [0.3, 0.4) is 0 Å². The Morgan fingerprint density at radius 1 is 0.692 bits per heavy atom. The Morgan fingerprint density at radius 2 is 1.08 bits per heavy atom. The molecule has 0 aliphatic heterocycles. The molecule has 0 aromatic heterocycles. The molecule has 134 valence electrons. The van der Waals surface area contributed by atoms with Crippen LogP contribution < -0.4 is 0 Å². The summed E-state index contributed by atoms with van der Waals surface area (Å²) >= 11 is 0. The Morgan fingerprint density at radius 3 is 1.46 bits per heavy atom. The Hall–Kier alpha value is -2.81. The highest BCUT2D eigenvalue weighted by Gasteiger charge is 2.22. The van der Waals surface area contributed by atoms with E-state index in [0.717, 1.165) is 33.4 Å². The molecule has 0 heterocycles. The first-order chi connectivity index (χ1) is 12.3. The van der Waals surface area contributed by atoms with Gasteiger partial charge in [-0.05, 0) is 72.7 Å². The first-order valence-electron chi connectivity index (χ1n) is 8.64. The second-order valence-corrected chi connectivity index (χ2v) is 6.96. The van der Waals surface area contributed by atoms with Gasteiger partial charge in [0, 0.05) is 5.92 Å². The summed E-state index contributed by atoms with van der Waals surface area (Å²) in [5.41, 5.74) is 5.42. The predicted octanol–water partition coefficient (Wildman–Crippen LogP) is 5.65. The van der Waals surface area contributed by atoms with Crippen LogP contribution in [0.5, 0.6) is 11.5 Å². The maximum absolute atomic E-state index is 14.7. The van der Waals surface area contributed by atoms with Gasteiger partial charge in [-0.15, -0.1) is 0 Å². The molecule has 0 unspecified atom stereocenters. The molecule has 0 amide bonds. The number of halogens is 1. The molecule has 0 spiro atoms. The van der Waals surface area contributed by atoms with Gasteiger partial charge in [0.15, 0.2) is 0 Å². The maximum Gasteiger partial charge on any atom is 0.127 e. The summed E-state index contributed by atoms with van der Waals surface area (Å²) in [5, 5.41) is 20.3. The molecule has 0 aliphatic carbocycles. The Balaban J connectivity index is 2.30. The second kappa shape index (κ2) is 6.83. The minimum Gasteiger partial charge on any atom is -0.507 e. The van der Waals surface area contributed by atoms with E-state index in [4.69, 9.17) is 0 Å². The van der Waals surface area contributed by atoms with Crippen molar-refractivity contribution >= 4 is 0 Å². The van der Waals surface area contributed by atoms with Crippen molar-refractivity contribution in [3.05, 3.63) is 93.3 Å². The lowest BCUT2D eigenvalue weighted by Gasteiger charge is -2.22. The largest absolute Gasteiger partial charge is 0.507 e. The van der Waals surface area contributed by atoms with Crippen molar-refractivity contribution in [3.63, 3.8) is 0 Å². The van der Waals surface area contributed by atoms with Crippen LogP contribution in [0.15, 0.2) is 48.5 Å². The zero-order valence-corrected chi connectivity index (χ0v) is 15.5. The van der Waals surface area contributed by atoms with Crippen LogP contribution in [-0.4, -0.2) is 10.2 Å². The second-order valence-electron chi connectivity index (χ2n) is 6.96. The molecule has 0 atom stereocenters. The lowest BCUT2D eigenvalue weighted by molar-refractivity contribution is 0.466. The minimum atomic E-state index is -0.327. The molecule has 0 aliphatic rings. The van der Waals surface area contributed by atoms with Crippen LogP contribution in [0.1, 0.15) is 44.9 Å². The quantitative estimate of drug-likeness (QED) is 0.599. The maximum atomic E-state index is 14.7. The lowest BCUT2D eigenvalue weighted by atomic mass is 9.82. The van der Waals surface area contributed by atoms with Crippen molar-refractivity contribution in [3.8, 4) is 11.5 Å². The van der Waals surface area contributed by atoms with E-state index in [0.29, 0.717) is 5.56 Å². The van der Waals surface area contributed by atoms with E-state index >= 15 is 0 Å². The third-order valence-corrected chi connectivity index (χ3v) is 4.91. The molecule has 0 bridgehead atoms. The molecular weight excluding hydrogens is 327 g/mol. The van der Waals surface area contributed by atoms with E-state index in [9.17, 15) is 14.6 Å². The van der Waals surface area contributed by atoms with E-state index in [1.54, 1.807) is 12.1 Å². The molecule has 2 N–H and O–H groups in total. The van der Waals surface area contributed by atoms with Crippen LogP contribution in [0.2, 0.25) is 0 Å². The smallest absolute Gasteiger partial charge is 0.127 e. The highest BCUT2D eigenvalue weighted by Crippen LogP contribution is 2.38. The standard InChI is InChI=1S/C23H23FO2/c1-13-9-17(10-14(2)22(13)25)21(19-7-5-6-8-20(19)24)18-11-15(3)23(26)16(4)12-18/h5-12,21,25-26H,1-4H3.